The predicted molar refractivity (Wildman–Crippen MR) is 100.0 cm³/mol. The van der Waals surface area contributed by atoms with Crippen LogP contribution in [0.2, 0.25) is 0 Å². The number of rotatable bonds is 5. The van der Waals surface area contributed by atoms with Gasteiger partial charge in [-0.2, -0.15) is 18.2 Å². The first-order valence-corrected chi connectivity index (χ1v) is 9.01. The molecule has 29 heavy (non-hydrogen) atoms. The number of aromatic nitrogens is 3. The van der Waals surface area contributed by atoms with Gasteiger partial charge in [-0.1, -0.05) is 36.7 Å². The van der Waals surface area contributed by atoms with E-state index in [0.29, 0.717) is 18.6 Å². The van der Waals surface area contributed by atoms with Gasteiger partial charge in [-0.05, 0) is 31.4 Å². The number of aryl methyl sites for hydroxylation is 3. The van der Waals surface area contributed by atoms with Crippen molar-refractivity contribution in [3.05, 3.63) is 57.3 Å². The Bertz CT molecular complexity index is 1080. The molecule has 0 radical (unpaired) electrons. The number of pyridine rings is 1. The molecule has 0 aliphatic carbocycles. The zero-order valence-electron chi connectivity index (χ0n) is 16.4. The maximum atomic E-state index is 13.0. The lowest BCUT2D eigenvalue weighted by Gasteiger charge is -2.17. The van der Waals surface area contributed by atoms with Gasteiger partial charge < -0.3 is 13.8 Å². The minimum absolute atomic E-state index is 0.108. The Labute approximate surface area is 164 Å². The van der Waals surface area contributed by atoms with E-state index in [2.05, 4.69) is 14.7 Å². The van der Waals surface area contributed by atoms with Crippen molar-refractivity contribution >= 4 is 0 Å². The van der Waals surface area contributed by atoms with Crippen molar-refractivity contribution < 1.29 is 22.4 Å². The molecule has 3 rings (SSSR count). The monoisotopic (exact) mass is 407 g/mol. The van der Waals surface area contributed by atoms with E-state index in [1.807, 2.05) is 39.0 Å². The lowest BCUT2D eigenvalue weighted by molar-refractivity contribution is -0.159. The molecule has 0 N–H and O–H groups in total. The summed E-state index contributed by atoms with van der Waals surface area (Å²) in [5.41, 5.74) is 1.70. The second kappa shape index (κ2) is 7.73. The SMILES string of the molecule is CCCc1c(-c2noc(C(F)(F)F)n2)c(Oc2c(C)cccc2C)cn(C)c1=O. The van der Waals surface area contributed by atoms with Gasteiger partial charge in [-0.15, -0.1) is 0 Å². The minimum Gasteiger partial charge on any atom is -0.454 e. The van der Waals surface area contributed by atoms with E-state index in [-0.39, 0.29) is 28.3 Å². The summed E-state index contributed by atoms with van der Waals surface area (Å²) < 4.78 is 50.7. The van der Waals surface area contributed by atoms with Crippen LogP contribution in [0.5, 0.6) is 11.5 Å². The van der Waals surface area contributed by atoms with E-state index in [9.17, 15) is 18.0 Å². The molecule has 0 fully saturated rings. The van der Waals surface area contributed by atoms with E-state index in [1.54, 1.807) is 7.05 Å². The first-order valence-electron chi connectivity index (χ1n) is 9.01. The zero-order valence-corrected chi connectivity index (χ0v) is 16.4. The van der Waals surface area contributed by atoms with Crippen LogP contribution >= 0.6 is 0 Å². The lowest BCUT2D eigenvalue weighted by Crippen LogP contribution is -2.22. The number of hydrogen-bond acceptors (Lipinski definition) is 5. The summed E-state index contributed by atoms with van der Waals surface area (Å²) in [6.45, 7) is 5.57. The minimum atomic E-state index is -4.79. The molecule has 0 unspecified atom stereocenters. The summed E-state index contributed by atoms with van der Waals surface area (Å²) in [4.78, 5) is 16.2. The quantitative estimate of drug-likeness (QED) is 0.607. The number of benzene rings is 1. The Morgan fingerprint density at radius 1 is 1.21 bits per heavy atom. The predicted octanol–water partition coefficient (Wildman–Crippen LogP) is 4.82. The van der Waals surface area contributed by atoms with Crippen LogP contribution in [-0.2, 0) is 19.6 Å². The van der Waals surface area contributed by atoms with Crippen LogP contribution in [0, 0.1) is 13.8 Å². The molecule has 0 amide bonds. The summed E-state index contributed by atoms with van der Waals surface area (Å²) in [5.74, 6) is -1.08. The van der Waals surface area contributed by atoms with Gasteiger partial charge in [-0.3, -0.25) is 4.79 Å². The summed E-state index contributed by atoms with van der Waals surface area (Å²) in [5, 5.41) is 3.48. The molecule has 0 saturated heterocycles. The smallest absolute Gasteiger partial charge is 0.454 e. The van der Waals surface area contributed by atoms with Crippen LogP contribution in [0.1, 0.15) is 35.9 Å². The highest BCUT2D eigenvalue weighted by Crippen LogP contribution is 2.37. The third-order valence-electron chi connectivity index (χ3n) is 4.45. The van der Waals surface area contributed by atoms with Crippen molar-refractivity contribution in [3.63, 3.8) is 0 Å². The average molecular weight is 407 g/mol. The molecular weight excluding hydrogens is 387 g/mol. The third kappa shape index (κ3) is 4.03. The first kappa shape index (κ1) is 20.6. The van der Waals surface area contributed by atoms with E-state index >= 15 is 0 Å². The topological polar surface area (TPSA) is 70.2 Å². The van der Waals surface area contributed by atoms with Gasteiger partial charge in [0.1, 0.15) is 5.75 Å². The average Bonchev–Trinajstić information content (AvgIpc) is 3.13. The summed E-state index contributed by atoms with van der Waals surface area (Å²) in [6.07, 6.45) is -2.45. The van der Waals surface area contributed by atoms with Crippen molar-refractivity contribution in [3.8, 4) is 22.9 Å². The Kier molecular flexibility index (Phi) is 5.50. The number of hydrogen-bond donors (Lipinski definition) is 0. The van der Waals surface area contributed by atoms with Crippen LogP contribution in [0.15, 0.2) is 33.7 Å². The molecule has 3 aromatic rings. The zero-order chi connectivity index (χ0) is 21.3. The highest BCUT2D eigenvalue weighted by molar-refractivity contribution is 5.68. The van der Waals surface area contributed by atoms with Crippen molar-refractivity contribution in [1.82, 2.24) is 14.7 Å². The molecule has 0 atom stereocenters. The Morgan fingerprint density at radius 3 is 2.41 bits per heavy atom. The highest BCUT2D eigenvalue weighted by Gasteiger charge is 2.39. The van der Waals surface area contributed by atoms with Crippen LogP contribution < -0.4 is 10.3 Å². The van der Waals surface area contributed by atoms with Crippen LogP contribution in [-0.4, -0.2) is 14.7 Å². The maximum absolute atomic E-state index is 13.0. The number of para-hydroxylation sites is 1. The molecule has 2 aromatic heterocycles. The molecule has 9 heteroatoms. The van der Waals surface area contributed by atoms with E-state index in [1.165, 1.54) is 10.8 Å². The number of ether oxygens (including phenoxy) is 1. The fraction of sp³-hybridized carbons (Fsp3) is 0.350. The fourth-order valence-corrected chi connectivity index (χ4v) is 3.08. The second-order valence-corrected chi connectivity index (χ2v) is 6.76. The Balaban J connectivity index is 2.25. The van der Waals surface area contributed by atoms with E-state index < -0.39 is 12.1 Å². The van der Waals surface area contributed by atoms with E-state index in [4.69, 9.17) is 4.74 Å². The molecule has 0 aliphatic rings. The first-order chi connectivity index (χ1) is 13.6. The van der Waals surface area contributed by atoms with Crippen molar-refractivity contribution in [2.75, 3.05) is 0 Å². The lowest BCUT2D eigenvalue weighted by atomic mass is 10.0. The fourth-order valence-electron chi connectivity index (χ4n) is 3.08. The molecule has 0 saturated carbocycles. The molecule has 6 nitrogen and oxygen atoms in total. The molecule has 154 valence electrons. The van der Waals surface area contributed by atoms with Crippen molar-refractivity contribution in [1.29, 1.82) is 0 Å². The van der Waals surface area contributed by atoms with Gasteiger partial charge in [0.15, 0.2) is 5.75 Å². The summed E-state index contributed by atoms with van der Waals surface area (Å²) >= 11 is 0. The van der Waals surface area contributed by atoms with Crippen LogP contribution in [0.25, 0.3) is 11.4 Å². The molecule has 0 aliphatic heterocycles. The largest absolute Gasteiger partial charge is 0.471 e. The van der Waals surface area contributed by atoms with Gasteiger partial charge in [0.05, 0.1) is 11.8 Å². The van der Waals surface area contributed by atoms with Gasteiger partial charge in [0, 0.05) is 12.6 Å². The number of nitrogens with zero attached hydrogens (tertiary/aromatic N) is 3. The maximum Gasteiger partial charge on any atom is 0.471 e. The van der Waals surface area contributed by atoms with Crippen LogP contribution in [0.4, 0.5) is 13.2 Å². The van der Waals surface area contributed by atoms with Crippen LogP contribution in [0.3, 0.4) is 0 Å². The summed E-state index contributed by atoms with van der Waals surface area (Å²) in [6, 6.07) is 5.58. The summed E-state index contributed by atoms with van der Waals surface area (Å²) in [7, 11) is 1.56. The second-order valence-electron chi connectivity index (χ2n) is 6.76. The van der Waals surface area contributed by atoms with Gasteiger partial charge in [-0.25, -0.2) is 0 Å². The van der Waals surface area contributed by atoms with Crippen molar-refractivity contribution in [2.45, 2.75) is 39.8 Å². The standard InChI is InChI=1S/C20H20F3N3O3/c1-5-7-13-15(17-24-19(29-25-17)20(21,22)23)14(10-26(4)18(13)27)28-16-11(2)8-6-9-12(16)3/h6,8-10H,5,7H2,1-4H3. The van der Waals surface area contributed by atoms with Gasteiger partial charge >= 0.3 is 12.1 Å². The van der Waals surface area contributed by atoms with Crippen molar-refractivity contribution in [2.24, 2.45) is 7.05 Å². The normalized spacial score (nSPS) is 11.7. The Hall–Kier alpha value is -3.10. The number of halogens is 3. The highest BCUT2D eigenvalue weighted by atomic mass is 19.4. The van der Waals surface area contributed by atoms with Gasteiger partial charge in [0.2, 0.25) is 5.82 Å². The molecule has 0 spiro atoms. The van der Waals surface area contributed by atoms with Gasteiger partial charge in [0.25, 0.3) is 5.56 Å². The Morgan fingerprint density at radius 2 is 1.86 bits per heavy atom. The molecule has 1 aromatic carbocycles. The van der Waals surface area contributed by atoms with E-state index in [0.717, 1.165) is 11.1 Å². The molecular formula is C20H20F3N3O3. The molecule has 2 heterocycles. The number of alkyl halides is 3. The molecule has 0 bridgehead atoms. The third-order valence-corrected chi connectivity index (χ3v) is 4.45.